The molecule has 0 saturated carbocycles. The Hall–Kier alpha value is -0.990. The summed E-state index contributed by atoms with van der Waals surface area (Å²) >= 11 is 0. The van der Waals surface area contributed by atoms with Gasteiger partial charge >= 0.3 is 6.03 Å². The van der Waals surface area contributed by atoms with E-state index in [0.717, 1.165) is 0 Å². The van der Waals surface area contributed by atoms with Crippen LogP contribution in [0.3, 0.4) is 0 Å². The molecule has 0 saturated heterocycles. The van der Waals surface area contributed by atoms with Gasteiger partial charge in [0.05, 0.1) is 0 Å². The second kappa shape index (κ2) is 2.26. The average Bonchev–Trinajstić information content (AvgIpc) is 1.35. The maximum absolute atomic E-state index is 9.64. The van der Waals surface area contributed by atoms with Crippen LogP contribution in [0.25, 0.3) is 0 Å². The van der Waals surface area contributed by atoms with E-state index in [1.807, 2.05) is 0 Å². The van der Waals surface area contributed by atoms with Crippen LogP contribution in [0.5, 0.6) is 0 Å². The van der Waals surface area contributed by atoms with Crippen LogP contribution in [0.4, 0.5) is 4.79 Å². The van der Waals surface area contributed by atoms with Gasteiger partial charge in [-0.3, -0.25) is 0 Å². The fourth-order valence-electron chi connectivity index (χ4n) is 0.101. The fourth-order valence-corrected chi connectivity index (χ4v) is 0.101. The van der Waals surface area contributed by atoms with Gasteiger partial charge in [0, 0.05) is 0 Å². The van der Waals surface area contributed by atoms with E-state index in [-0.39, 0.29) is 0 Å². The van der Waals surface area contributed by atoms with Crippen molar-refractivity contribution in [2.75, 3.05) is 0 Å². The zero-order chi connectivity index (χ0) is 4.99. The molecule has 3 N–H and O–H groups in total. The first-order chi connectivity index (χ1) is 2.77. The van der Waals surface area contributed by atoms with Gasteiger partial charge < -0.3 is 11.1 Å². The van der Waals surface area contributed by atoms with Crippen molar-refractivity contribution in [1.82, 2.24) is 5.32 Å². The summed E-state index contributed by atoms with van der Waals surface area (Å²) in [6, 6.07) is -0.579. The Labute approximate surface area is 35.8 Å². The number of amides is 2. The van der Waals surface area contributed by atoms with E-state index in [0.29, 0.717) is 0 Å². The summed E-state index contributed by atoms with van der Waals surface area (Å²) in [5.41, 5.74) is 4.58. The van der Waals surface area contributed by atoms with Gasteiger partial charge in [-0.25, -0.2) is 4.79 Å². The van der Waals surface area contributed by atoms with Crippen molar-refractivity contribution in [1.29, 1.82) is 0 Å². The number of hydrogen-bond donors (Lipinski definition) is 2. The number of nitrogens with two attached hydrogens (primary N) is 1. The van der Waals surface area contributed by atoms with Crippen LogP contribution in [0.1, 0.15) is 0 Å². The summed E-state index contributed by atoms with van der Waals surface area (Å²) in [4.78, 5) is 9.64. The molecular formula is C3H6N2O. The molecule has 0 aromatic carbocycles. The predicted octanol–water partition coefficient (Wildman–Crippen LogP) is -0.202. The lowest BCUT2D eigenvalue weighted by Crippen LogP contribution is -2.23. The van der Waals surface area contributed by atoms with E-state index in [4.69, 9.17) is 0 Å². The molecule has 0 radical (unpaired) electrons. The van der Waals surface area contributed by atoms with Crippen molar-refractivity contribution in [2.45, 2.75) is 0 Å². The zero-order valence-electron chi connectivity index (χ0n) is 3.27. The zero-order valence-corrected chi connectivity index (χ0v) is 3.27. The smallest absolute Gasteiger partial charge is 0.316 e. The number of carbonyl (C=O) groups is 1. The topological polar surface area (TPSA) is 55.1 Å². The van der Waals surface area contributed by atoms with Crippen LogP contribution in [0.2, 0.25) is 0 Å². The van der Waals surface area contributed by atoms with E-state index in [1.54, 1.807) is 0 Å². The van der Waals surface area contributed by atoms with Crippen LogP contribution < -0.4 is 11.1 Å². The highest BCUT2D eigenvalue weighted by molar-refractivity contribution is 5.72. The molecular weight excluding hydrogens is 80.0 g/mol. The van der Waals surface area contributed by atoms with Gasteiger partial charge in [0.25, 0.3) is 0 Å². The Bertz CT molecular complexity index is 69.2. The lowest BCUT2D eigenvalue weighted by atomic mass is 10.9. The lowest BCUT2D eigenvalue weighted by molar-refractivity contribution is 0.252. The standard InChI is InChI=1S/C3H6N2O/c1-2-5-3(4)6/h2H,1H2,(H3,4,5,6). The Morgan fingerprint density at radius 3 is 2.50 bits per heavy atom. The molecule has 0 aliphatic heterocycles. The molecule has 3 nitrogen and oxygen atoms in total. The normalized spacial score (nSPS) is 6.67. The number of urea groups is 1. The molecule has 0 atom stereocenters. The second-order valence-corrected chi connectivity index (χ2v) is 0.713. The molecule has 0 aromatic rings. The van der Waals surface area contributed by atoms with Gasteiger partial charge in [0.2, 0.25) is 0 Å². The van der Waals surface area contributed by atoms with Crippen LogP contribution >= 0.6 is 0 Å². The van der Waals surface area contributed by atoms with E-state index in [9.17, 15) is 4.79 Å². The number of hydrogen-bond acceptors (Lipinski definition) is 1. The third kappa shape index (κ3) is 3.01. The van der Waals surface area contributed by atoms with Crippen molar-refractivity contribution in [2.24, 2.45) is 5.73 Å². The molecule has 0 aliphatic carbocycles. The van der Waals surface area contributed by atoms with Gasteiger partial charge in [-0.2, -0.15) is 0 Å². The van der Waals surface area contributed by atoms with Crippen LogP contribution in [0, 0.1) is 0 Å². The molecule has 0 aromatic heterocycles. The lowest BCUT2D eigenvalue weighted by Gasteiger charge is -1.83. The maximum atomic E-state index is 9.64. The van der Waals surface area contributed by atoms with Gasteiger partial charge in [0.15, 0.2) is 0 Å². The van der Waals surface area contributed by atoms with Gasteiger partial charge in [-0.1, -0.05) is 6.58 Å². The maximum Gasteiger partial charge on any atom is 0.316 e. The molecule has 0 fully saturated rings. The highest BCUT2D eigenvalue weighted by Gasteiger charge is 1.76. The second-order valence-electron chi connectivity index (χ2n) is 0.713. The van der Waals surface area contributed by atoms with Crippen molar-refractivity contribution >= 4 is 6.03 Å². The molecule has 0 bridgehead atoms. The summed E-state index contributed by atoms with van der Waals surface area (Å²) in [7, 11) is 0. The minimum absolute atomic E-state index is 0.579. The summed E-state index contributed by atoms with van der Waals surface area (Å²) in [5, 5.41) is 2.11. The largest absolute Gasteiger partial charge is 0.351 e. The van der Waals surface area contributed by atoms with E-state index in [2.05, 4.69) is 17.6 Å². The average molecular weight is 86.1 g/mol. The first-order valence-electron chi connectivity index (χ1n) is 1.44. The van der Waals surface area contributed by atoms with Crippen molar-refractivity contribution < 1.29 is 4.79 Å². The summed E-state index contributed by atoms with van der Waals surface area (Å²) in [6.45, 7) is 3.19. The molecule has 2 amide bonds. The van der Waals surface area contributed by atoms with E-state index in [1.165, 1.54) is 6.20 Å². The number of rotatable bonds is 1. The third-order valence-corrected chi connectivity index (χ3v) is 0.244. The van der Waals surface area contributed by atoms with Gasteiger partial charge in [0.1, 0.15) is 0 Å². The summed E-state index contributed by atoms with van der Waals surface area (Å²) in [5.74, 6) is 0. The van der Waals surface area contributed by atoms with E-state index < -0.39 is 6.03 Å². The monoisotopic (exact) mass is 86.0 g/mol. The Morgan fingerprint density at radius 2 is 2.50 bits per heavy atom. The first kappa shape index (κ1) is 5.01. The Morgan fingerprint density at radius 1 is 2.00 bits per heavy atom. The number of nitrogens with one attached hydrogen (secondary N) is 1. The van der Waals surface area contributed by atoms with Crippen LogP contribution in [-0.4, -0.2) is 6.03 Å². The van der Waals surface area contributed by atoms with Gasteiger partial charge in [-0.15, -0.1) is 0 Å². The molecule has 0 aliphatic rings. The Balaban J connectivity index is 3.05. The van der Waals surface area contributed by atoms with E-state index >= 15 is 0 Å². The molecule has 34 valence electrons. The number of primary amides is 1. The van der Waals surface area contributed by atoms with Gasteiger partial charge in [-0.05, 0) is 6.20 Å². The first-order valence-corrected chi connectivity index (χ1v) is 1.44. The summed E-state index contributed by atoms with van der Waals surface area (Å²) in [6.07, 6.45) is 1.22. The molecule has 0 heterocycles. The van der Waals surface area contributed by atoms with Crippen molar-refractivity contribution in [3.8, 4) is 0 Å². The minimum Gasteiger partial charge on any atom is -0.351 e. The third-order valence-electron chi connectivity index (χ3n) is 0.244. The molecule has 0 spiro atoms. The molecule has 3 heteroatoms. The molecule has 6 heavy (non-hydrogen) atoms. The summed E-state index contributed by atoms with van der Waals surface area (Å²) < 4.78 is 0. The SMILES string of the molecule is C=CNC(N)=O. The predicted molar refractivity (Wildman–Crippen MR) is 22.9 cm³/mol. The highest BCUT2D eigenvalue weighted by atomic mass is 16.2. The quantitative estimate of drug-likeness (QED) is 0.456. The highest BCUT2D eigenvalue weighted by Crippen LogP contribution is 1.49. The van der Waals surface area contributed by atoms with Crippen LogP contribution in [-0.2, 0) is 0 Å². The Kier molecular flexibility index (Phi) is 1.89. The molecule has 0 unspecified atom stereocenters. The van der Waals surface area contributed by atoms with Crippen molar-refractivity contribution in [3.63, 3.8) is 0 Å². The number of carbonyl (C=O) groups excluding carboxylic acids is 1. The minimum atomic E-state index is -0.579. The van der Waals surface area contributed by atoms with Crippen molar-refractivity contribution in [3.05, 3.63) is 12.8 Å². The molecule has 0 rings (SSSR count). The van der Waals surface area contributed by atoms with Crippen LogP contribution in [0.15, 0.2) is 12.8 Å². The fraction of sp³-hybridized carbons (Fsp3) is 0.